The van der Waals surface area contributed by atoms with E-state index >= 15 is 0 Å². The Bertz CT molecular complexity index is 602. The molecular weight excluding hydrogens is 474 g/mol. The number of hydrogen-bond acceptors (Lipinski definition) is 4. The van der Waals surface area contributed by atoms with Crippen LogP contribution in [0.4, 0.5) is 0 Å². The number of carbonyl (C=O) groups excluding carboxylic acids is 1. The highest BCUT2D eigenvalue weighted by molar-refractivity contribution is 5.80. The average Bonchev–Trinajstić information content (AvgIpc) is 2.92. The summed E-state index contributed by atoms with van der Waals surface area (Å²) in [6.45, 7) is 4.07. The van der Waals surface area contributed by atoms with Crippen LogP contribution in [-0.4, -0.2) is 46.1 Å². The summed E-state index contributed by atoms with van der Waals surface area (Å²) >= 11 is 0. The molecule has 0 radical (unpaired) electrons. The number of unbranched alkanes of at least 4 members (excludes halogenated alkanes) is 15. The SMILES string of the molecule is CCCC/C=C/CC/C=C/CC/C=C/C(O)C(CO)NC(=O)C(O)CCCCCCCCCCCCCC. The molecule has 0 aromatic rings. The Hall–Kier alpha value is -1.43. The predicted molar refractivity (Wildman–Crippen MR) is 162 cm³/mol. The zero-order chi connectivity index (χ0) is 28.1. The lowest BCUT2D eigenvalue weighted by Gasteiger charge is -2.21. The first-order valence-electron chi connectivity index (χ1n) is 15.8. The van der Waals surface area contributed by atoms with Crippen molar-refractivity contribution in [3.05, 3.63) is 36.5 Å². The van der Waals surface area contributed by atoms with E-state index in [1.165, 1.54) is 77.0 Å². The number of nitrogens with one attached hydrogen (secondary N) is 1. The van der Waals surface area contributed by atoms with Crippen molar-refractivity contribution in [2.75, 3.05) is 6.61 Å². The Labute approximate surface area is 234 Å². The third-order valence-corrected chi connectivity index (χ3v) is 6.96. The summed E-state index contributed by atoms with van der Waals surface area (Å²) < 4.78 is 0. The molecular formula is C33H61NO4. The van der Waals surface area contributed by atoms with E-state index < -0.39 is 24.2 Å². The van der Waals surface area contributed by atoms with Crippen molar-refractivity contribution in [1.29, 1.82) is 0 Å². The Morgan fingerprint density at radius 1 is 0.632 bits per heavy atom. The normalized spacial score (nSPS) is 14.6. The van der Waals surface area contributed by atoms with Gasteiger partial charge in [-0.3, -0.25) is 4.79 Å². The Balaban J connectivity index is 3.90. The lowest BCUT2D eigenvalue weighted by Crippen LogP contribution is -2.48. The Morgan fingerprint density at radius 3 is 1.58 bits per heavy atom. The molecule has 0 saturated carbocycles. The Kier molecular flexibility index (Phi) is 27.5. The molecule has 0 aliphatic carbocycles. The van der Waals surface area contributed by atoms with Crippen molar-refractivity contribution in [3.63, 3.8) is 0 Å². The van der Waals surface area contributed by atoms with Gasteiger partial charge in [-0.15, -0.1) is 0 Å². The van der Waals surface area contributed by atoms with Gasteiger partial charge in [0.05, 0.1) is 18.8 Å². The first-order chi connectivity index (χ1) is 18.6. The fourth-order valence-corrected chi connectivity index (χ4v) is 4.38. The van der Waals surface area contributed by atoms with Crippen molar-refractivity contribution in [3.8, 4) is 0 Å². The molecule has 4 N–H and O–H groups in total. The summed E-state index contributed by atoms with van der Waals surface area (Å²) in [5.41, 5.74) is 0. The van der Waals surface area contributed by atoms with Crippen molar-refractivity contribution >= 4 is 5.91 Å². The third kappa shape index (κ3) is 23.7. The molecule has 3 unspecified atom stereocenters. The molecule has 5 nitrogen and oxygen atoms in total. The quantitative estimate of drug-likeness (QED) is 0.0641. The summed E-state index contributed by atoms with van der Waals surface area (Å²) in [6, 6.07) is -0.814. The van der Waals surface area contributed by atoms with E-state index in [2.05, 4.69) is 43.5 Å². The molecule has 0 bridgehead atoms. The van der Waals surface area contributed by atoms with Crippen molar-refractivity contribution in [1.82, 2.24) is 5.32 Å². The van der Waals surface area contributed by atoms with Crippen molar-refractivity contribution in [2.24, 2.45) is 0 Å². The van der Waals surface area contributed by atoms with Gasteiger partial charge in [-0.1, -0.05) is 140 Å². The molecule has 1 amide bonds. The number of amides is 1. The summed E-state index contributed by atoms with van der Waals surface area (Å²) in [6.07, 6.45) is 32.9. The van der Waals surface area contributed by atoms with Crippen LogP contribution in [0.15, 0.2) is 36.5 Å². The van der Waals surface area contributed by atoms with Gasteiger partial charge in [-0.25, -0.2) is 0 Å². The van der Waals surface area contributed by atoms with Gasteiger partial charge in [0, 0.05) is 0 Å². The van der Waals surface area contributed by atoms with E-state index in [1.54, 1.807) is 6.08 Å². The summed E-state index contributed by atoms with van der Waals surface area (Å²) in [5, 5.41) is 32.7. The first-order valence-corrected chi connectivity index (χ1v) is 15.8. The van der Waals surface area contributed by atoms with E-state index in [1.807, 2.05) is 6.08 Å². The predicted octanol–water partition coefficient (Wildman–Crippen LogP) is 7.70. The highest BCUT2D eigenvalue weighted by Gasteiger charge is 2.22. The molecule has 0 aromatic heterocycles. The molecule has 0 saturated heterocycles. The number of carbonyl (C=O) groups is 1. The molecule has 0 aliphatic rings. The van der Waals surface area contributed by atoms with Crippen LogP contribution < -0.4 is 5.32 Å². The molecule has 0 aromatic carbocycles. The monoisotopic (exact) mass is 535 g/mol. The smallest absolute Gasteiger partial charge is 0.249 e. The van der Waals surface area contributed by atoms with Crippen LogP contribution in [0.3, 0.4) is 0 Å². The minimum atomic E-state index is -1.10. The maximum Gasteiger partial charge on any atom is 0.249 e. The van der Waals surface area contributed by atoms with Crippen LogP contribution in [0, 0.1) is 0 Å². The summed E-state index contributed by atoms with van der Waals surface area (Å²) in [5.74, 6) is -0.522. The number of aliphatic hydroxyl groups excluding tert-OH is 3. The second kappa shape index (κ2) is 28.6. The number of rotatable bonds is 27. The highest BCUT2D eigenvalue weighted by Crippen LogP contribution is 2.13. The lowest BCUT2D eigenvalue weighted by atomic mass is 10.0. The topological polar surface area (TPSA) is 89.8 Å². The molecule has 5 heteroatoms. The van der Waals surface area contributed by atoms with E-state index in [0.717, 1.165) is 44.9 Å². The zero-order valence-electron chi connectivity index (χ0n) is 24.8. The molecule has 0 aliphatic heterocycles. The van der Waals surface area contributed by atoms with E-state index in [4.69, 9.17) is 0 Å². The minimum absolute atomic E-state index is 0.381. The van der Waals surface area contributed by atoms with Gasteiger partial charge in [0.2, 0.25) is 5.91 Å². The van der Waals surface area contributed by atoms with Gasteiger partial charge < -0.3 is 20.6 Å². The van der Waals surface area contributed by atoms with E-state index in [-0.39, 0.29) is 6.61 Å². The van der Waals surface area contributed by atoms with Crippen molar-refractivity contribution < 1.29 is 20.1 Å². The van der Waals surface area contributed by atoms with Gasteiger partial charge in [-0.2, -0.15) is 0 Å². The third-order valence-electron chi connectivity index (χ3n) is 6.96. The molecule has 222 valence electrons. The molecule has 0 spiro atoms. The average molecular weight is 536 g/mol. The summed E-state index contributed by atoms with van der Waals surface area (Å²) in [7, 11) is 0. The molecule has 0 heterocycles. The maximum atomic E-state index is 12.3. The summed E-state index contributed by atoms with van der Waals surface area (Å²) in [4.78, 5) is 12.3. The van der Waals surface area contributed by atoms with Gasteiger partial charge >= 0.3 is 0 Å². The first kappa shape index (κ1) is 36.6. The number of hydrogen-bond donors (Lipinski definition) is 4. The molecule has 38 heavy (non-hydrogen) atoms. The highest BCUT2D eigenvalue weighted by atomic mass is 16.3. The van der Waals surface area contributed by atoms with Gasteiger partial charge in [0.1, 0.15) is 6.10 Å². The number of aliphatic hydroxyl groups is 3. The minimum Gasteiger partial charge on any atom is -0.394 e. The second-order valence-electron chi connectivity index (χ2n) is 10.6. The molecule has 3 atom stereocenters. The zero-order valence-corrected chi connectivity index (χ0v) is 24.8. The van der Waals surface area contributed by atoms with Crippen LogP contribution in [0.5, 0.6) is 0 Å². The second-order valence-corrected chi connectivity index (χ2v) is 10.6. The standard InChI is InChI=1S/C33H61NO4/c1-3-5-7-9-11-13-15-17-19-21-23-25-27-31(36)30(29-35)34-33(38)32(37)28-26-24-22-20-18-16-14-12-10-8-6-4-2/h9,11,17,19,25,27,30-32,35-37H,3-8,10,12-16,18,20-24,26,28-29H2,1-2H3,(H,34,38)/b11-9+,19-17+,27-25+. The maximum absolute atomic E-state index is 12.3. The van der Waals surface area contributed by atoms with Crippen LogP contribution >= 0.6 is 0 Å². The fraction of sp³-hybridized carbons (Fsp3) is 0.788. The van der Waals surface area contributed by atoms with Crippen LogP contribution in [0.2, 0.25) is 0 Å². The Morgan fingerprint density at radius 2 is 1.08 bits per heavy atom. The number of allylic oxidation sites excluding steroid dienone is 5. The van der Waals surface area contributed by atoms with E-state index in [9.17, 15) is 20.1 Å². The largest absolute Gasteiger partial charge is 0.394 e. The van der Waals surface area contributed by atoms with Crippen LogP contribution in [0.1, 0.15) is 142 Å². The molecule has 0 rings (SSSR count). The van der Waals surface area contributed by atoms with Gasteiger partial charge in [-0.05, 0) is 38.5 Å². The van der Waals surface area contributed by atoms with Gasteiger partial charge in [0.25, 0.3) is 0 Å². The van der Waals surface area contributed by atoms with Crippen molar-refractivity contribution in [2.45, 2.75) is 161 Å². The van der Waals surface area contributed by atoms with Crippen LogP contribution in [-0.2, 0) is 4.79 Å². The molecule has 0 fully saturated rings. The fourth-order valence-electron chi connectivity index (χ4n) is 4.38. The lowest BCUT2D eigenvalue weighted by molar-refractivity contribution is -0.131. The van der Waals surface area contributed by atoms with Gasteiger partial charge in [0.15, 0.2) is 0 Å². The van der Waals surface area contributed by atoms with E-state index in [0.29, 0.717) is 6.42 Å². The van der Waals surface area contributed by atoms with Crippen LogP contribution in [0.25, 0.3) is 0 Å².